The van der Waals surface area contributed by atoms with Gasteiger partial charge in [0.1, 0.15) is 23.9 Å². The van der Waals surface area contributed by atoms with Crippen LogP contribution in [0.1, 0.15) is 52.3 Å². The number of aliphatic hydroxyl groups excluding tert-OH is 1. The van der Waals surface area contributed by atoms with E-state index >= 15 is 0 Å². The lowest BCUT2D eigenvalue weighted by molar-refractivity contribution is 0.0762. The first-order valence-corrected chi connectivity index (χ1v) is 13.6. The van der Waals surface area contributed by atoms with Gasteiger partial charge < -0.3 is 25.9 Å². The molecule has 0 amide bonds. The van der Waals surface area contributed by atoms with E-state index in [1.54, 1.807) is 13.1 Å². The zero-order valence-electron chi connectivity index (χ0n) is 24.0. The number of likely N-dealkylation sites (tertiary alicyclic amines) is 1. The number of nitrogens with zero attached hydrogens (tertiary/aromatic N) is 6. The van der Waals surface area contributed by atoms with E-state index in [4.69, 9.17) is 21.2 Å². The topological polar surface area (TPSA) is 140 Å². The Morgan fingerprint density at radius 2 is 2.08 bits per heavy atom. The van der Waals surface area contributed by atoms with Crippen LogP contribution >= 0.6 is 0 Å². The van der Waals surface area contributed by atoms with Crippen LogP contribution in [0.5, 0.6) is 5.75 Å². The number of benzene rings is 1. The van der Waals surface area contributed by atoms with Crippen LogP contribution in [0.2, 0.25) is 0 Å². The van der Waals surface area contributed by atoms with Crippen molar-refractivity contribution in [1.29, 1.82) is 0 Å². The quantitative estimate of drug-likeness (QED) is 0.369. The van der Waals surface area contributed by atoms with Gasteiger partial charge in [0.2, 0.25) is 0 Å². The zero-order valence-corrected chi connectivity index (χ0v) is 24.0. The summed E-state index contributed by atoms with van der Waals surface area (Å²) in [6.45, 7) is 12.9. The van der Waals surface area contributed by atoms with Crippen LogP contribution in [0.4, 0.5) is 0 Å². The second-order valence-corrected chi connectivity index (χ2v) is 11.1. The minimum absolute atomic E-state index is 0.0559. The Hall–Kier alpha value is -3.50. The van der Waals surface area contributed by atoms with E-state index in [9.17, 15) is 5.11 Å². The van der Waals surface area contributed by atoms with Crippen LogP contribution in [0, 0.1) is 5.92 Å². The number of nitrogens with two attached hydrogens (primary N) is 2. The van der Waals surface area contributed by atoms with E-state index < -0.39 is 0 Å². The first-order valence-electron chi connectivity index (χ1n) is 13.6. The van der Waals surface area contributed by atoms with Crippen molar-refractivity contribution in [2.45, 2.75) is 59.2 Å². The van der Waals surface area contributed by atoms with E-state index in [0.29, 0.717) is 30.5 Å². The Morgan fingerprint density at radius 3 is 2.72 bits per heavy atom. The average Bonchev–Trinajstić information content (AvgIpc) is 3.51. The molecule has 0 saturated carbocycles. The van der Waals surface area contributed by atoms with Crippen LogP contribution in [0.3, 0.4) is 0 Å². The van der Waals surface area contributed by atoms with E-state index in [0.717, 1.165) is 53.5 Å². The molecule has 0 aliphatic carbocycles. The fourth-order valence-corrected chi connectivity index (χ4v) is 5.21. The Bertz CT molecular complexity index is 1310. The van der Waals surface area contributed by atoms with E-state index in [2.05, 4.69) is 38.3 Å². The lowest BCUT2D eigenvalue weighted by Gasteiger charge is -2.34. The van der Waals surface area contributed by atoms with E-state index in [1.807, 2.05) is 45.3 Å². The lowest BCUT2D eigenvalue weighted by Crippen LogP contribution is -2.45. The molecule has 2 aliphatic rings. The third-order valence-electron chi connectivity index (χ3n) is 7.29. The molecule has 0 radical (unpaired) electrons. The van der Waals surface area contributed by atoms with Gasteiger partial charge in [-0.1, -0.05) is 6.07 Å². The average molecular weight is 535 g/mol. The molecule has 10 heteroatoms. The first-order chi connectivity index (χ1) is 18.6. The van der Waals surface area contributed by atoms with E-state index in [1.165, 1.54) is 0 Å². The van der Waals surface area contributed by atoms with Crippen molar-refractivity contribution in [3.8, 4) is 17.1 Å². The van der Waals surface area contributed by atoms with Crippen molar-refractivity contribution in [2.75, 3.05) is 33.4 Å². The molecular formula is C29H42N8O2. The molecule has 1 aromatic carbocycles. The maximum atomic E-state index is 9.84. The lowest BCUT2D eigenvalue weighted by atomic mass is 9.90. The molecule has 1 saturated heterocycles. The molecule has 10 nitrogen and oxygen atoms in total. The number of aliphatic hydroxyl groups is 1. The highest BCUT2D eigenvalue weighted by Crippen LogP contribution is 2.36. The molecule has 0 bridgehead atoms. The highest BCUT2D eigenvalue weighted by Gasteiger charge is 2.36. The molecule has 3 heterocycles. The highest BCUT2D eigenvalue weighted by molar-refractivity contribution is 6.25. The van der Waals surface area contributed by atoms with Crippen LogP contribution < -0.4 is 16.2 Å². The number of rotatable bonds is 7. The summed E-state index contributed by atoms with van der Waals surface area (Å²) in [5, 5.41) is 9.84. The Kier molecular flexibility index (Phi) is 8.56. The molecule has 4 rings (SSSR count). The monoisotopic (exact) mass is 534 g/mol. The molecule has 2 aromatic rings. The molecule has 1 aromatic heterocycles. The number of ether oxygens (including phenoxy) is 1. The van der Waals surface area contributed by atoms with Crippen molar-refractivity contribution in [3.63, 3.8) is 0 Å². The van der Waals surface area contributed by atoms with Gasteiger partial charge in [0.25, 0.3) is 0 Å². The van der Waals surface area contributed by atoms with Gasteiger partial charge in [-0.15, -0.1) is 0 Å². The number of aliphatic imine (C=N–C) groups is 3. The van der Waals surface area contributed by atoms with Crippen LogP contribution in [-0.2, 0) is 6.54 Å². The van der Waals surface area contributed by atoms with Crippen molar-refractivity contribution < 1.29 is 9.84 Å². The van der Waals surface area contributed by atoms with Crippen molar-refractivity contribution in [2.24, 2.45) is 32.4 Å². The minimum atomic E-state index is -0.271. The molecule has 5 N–H and O–H groups in total. The van der Waals surface area contributed by atoms with Gasteiger partial charge in [0, 0.05) is 54.8 Å². The second-order valence-electron chi connectivity index (χ2n) is 11.1. The van der Waals surface area contributed by atoms with Crippen LogP contribution in [0.15, 0.2) is 45.6 Å². The Balaban J connectivity index is 1.67. The molecule has 0 spiro atoms. The first kappa shape index (κ1) is 28.5. The van der Waals surface area contributed by atoms with Crippen molar-refractivity contribution in [1.82, 2.24) is 14.5 Å². The molecule has 2 aliphatic heterocycles. The molecule has 210 valence electrons. The summed E-state index contributed by atoms with van der Waals surface area (Å²) in [5.41, 5.74) is 16.2. The number of aromatic nitrogens is 2. The summed E-state index contributed by atoms with van der Waals surface area (Å²) >= 11 is 0. The van der Waals surface area contributed by atoms with Gasteiger partial charge in [-0.25, -0.2) is 9.98 Å². The molecular weight excluding hydrogens is 492 g/mol. The van der Waals surface area contributed by atoms with Crippen molar-refractivity contribution >= 4 is 23.0 Å². The maximum absolute atomic E-state index is 9.84. The summed E-state index contributed by atoms with van der Waals surface area (Å²) < 4.78 is 8.26. The van der Waals surface area contributed by atoms with Gasteiger partial charge in [0.15, 0.2) is 5.84 Å². The summed E-state index contributed by atoms with van der Waals surface area (Å²) in [7, 11) is 1.82. The summed E-state index contributed by atoms with van der Waals surface area (Å²) in [4.78, 5) is 21.0. The third kappa shape index (κ3) is 6.07. The summed E-state index contributed by atoms with van der Waals surface area (Å²) in [6, 6.07) is 6.16. The number of hydrogen-bond donors (Lipinski definition) is 3. The van der Waals surface area contributed by atoms with Crippen molar-refractivity contribution in [3.05, 3.63) is 41.9 Å². The maximum Gasteiger partial charge on any atom is 0.177 e. The minimum Gasteiger partial charge on any atom is -0.491 e. The van der Waals surface area contributed by atoms with Gasteiger partial charge in [0.05, 0.1) is 24.6 Å². The SMILES string of the molecule is CN=C(C(=CN)c1ccc2c(c1)OCCn1cc(C(N=C(C)N)=NC(C)C)nc1-2)C1CCN(C(C)(C)CO)C1. The fraction of sp³-hybridized carbons (Fsp3) is 0.517. The van der Waals surface area contributed by atoms with Crippen LogP contribution in [-0.4, -0.2) is 81.9 Å². The standard InChI is InChI=1S/C29H42N8O2/c1-18(2)33-27(34-19(3)31)24-16-36-11-12-39-25-13-20(7-8-22(25)28(36)35-24)23(14-30)26(32-6)21-9-10-37(15-21)29(4,5)17-38/h7-8,13-14,16,18,21,38H,9-12,15,17,30H2,1-6H3,(H2,31,33,34). The smallest absolute Gasteiger partial charge is 0.177 e. The van der Waals surface area contributed by atoms with Gasteiger partial charge in [-0.05, 0) is 65.3 Å². The molecule has 1 atom stereocenters. The molecule has 1 fully saturated rings. The fourth-order valence-electron chi connectivity index (χ4n) is 5.21. The van der Waals surface area contributed by atoms with Crippen LogP contribution in [0.25, 0.3) is 17.0 Å². The zero-order chi connectivity index (χ0) is 28.3. The molecule has 1 unspecified atom stereocenters. The summed E-state index contributed by atoms with van der Waals surface area (Å²) in [5.74, 6) is 2.73. The number of amidine groups is 2. The highest BCUT2D eigenvalue weighted by atomic mass is 16.5. The predicted molar refractivity (Wildman–Crippen MR) is 158 cm³/mol. The predicted octanol–water partition coefficient (Wildman–Crippen LogP) is 2.94. The normalized spacial score (nSPS) is 19.6. The largest absolute Gasteiger partial charge is 0.491 e. The number of hydrogen-bond acceptors (Lipinski definition) is 7. The second kappa shape index (κ2) is 11.7. The van der Waals surface area contributed by atoms with Gasteiger partial charge >= 0.3 is 0 Å². The van der Waals surface area contributed by atoms with Gasteiger partial charge in [-0.3, -0.25) is 14.9 Å². The Morgan fingerprint density at radius 1 is 1.31 bits per heavy atom. The third-order valence-corrected chi connectivity index (χ3v) is 7.29. The Labute approximate surface area is 231 Å². The number of imidazole rings is 1. The summed E-state index contributed by atoms with van der Waals surface area (Å²) in [6.07, 6.45) is 4.56. The molecule has 39 heavy (non-hydrogen) atoms. The van der Waals surface area contributed by atoms with Gasteiger partial charge in [-0.2, -0.15) is 0 Å². The number of fused-ring (bicyclic) bond motifs is 3. The van der Waals surface area contributed by atoms with E-state index in [-0.39, 0.29) is 24.1 Å². The number of allylic oxidation sites excluding steroid dienone is 1.